The molecule has 0 radical (unpaired) electrons. The van der Waals surface area contributed by atoms with Gasteiger partial charge in [0.05, 0.1) is 24.3 Å². The van der Waals surface area contributed by atoms with Crippen molar-refractivity contribution in [2.45, 2.75) is 50.7 Å². The number of methoxy groups -OCH3 is 1. The molecule has 4 rings (SSSR count). The summed E-state index contributed by atoms with van der Waals surface area (Å²) < 4.78 is 40.4. The lowest BCUT2D eigenvalue weighted by Crippen LogP contribution is -2.54. The SMILES string of the molecule is CCOc1ccc(N(CC(=O)N(Cc2cccc(OC)c2)[C@H](Cc2ccccc2)C(=O)NC(C)C)S(=O)(=O)c2ccc(Cl)cc2)cc1. The highest BCUT2D eigenvalue weighted by molar-refractivity contribution is 7.92. The van der Waals surface area contributed by atoms with Gasteiger partial charge in [-0.1, -0.05) is 54.1 Å². The number of ether oxygens (including phenoxy) is 2. The Labute approximate surface area is 282 Å². The second-order valence-corrected chi connectivity index (χ2v) is 13.4. The van der Waals surface area contributed by atoms with E-state index >= 15 is 0 Å². The Kier molecular flexibility index (Phi) is 12.3. The number of sulfonamides is 1. The third-order valence-electron chi connectivity index (χ3n) is 7.31. The van der Waals surface area contributed by atoms with Crippen LogP contribution in [-0.4, -0.2) is 57.5 Å². The Morgan fingerprint density at radius 3 is 2.13 bits per heavy atom. The van der Waals surface area contributed by atoms with Gasteiger partial charge in [0.25, 0.3) is 10.0 Å². The molecular formula is C36H40ClN3O6S. The number of benzene rings is 4. The maximum absolute atomic E-state index is 14.6. The zero-order valence-corrected chi connectivity index (χ0v) is 28.5. The molecule has 9 nitrogen and oxygen atoms in total. The van der Waals surface area contributed by atoms with Crippen molar-refractivity contribution in [3.63, 3.8) is 0 Å². The average molecular weight is 678 g/mol. The Morgan fingerprint density at radius 1 is 0.851 bits per heavy atom. The first-order valence-corrected chi connectivity index (χ1v) is 17.1. The molecule has 0 aliphatic heterocycles. The van der Waals surface area contributed by atoms with E-state index in [2.05, 4.69) is 5.32 Å². The van der Waals surface area contributed by atoms with Crippen molar-refractivity contribution in [2.24, 2.45) is 0 Å². The summed E-state index contributed by atoms with van der Waals surface area (Å²) in [5.41, 5.74) is 1.81. The Morgan fingerprint density at radius 2 is 1.51 bits per heavy atom. The predicted molar refractivity (Wildman–Crippen MR) is 184 cm³/mol. The molecule has 0 unspecified atom stereocenters. The van der Waals surface area contributed by atoms with E-state index in [9.17, 15) is 18.0 Å². The minimum Gasteiger partial charge on any atom is -0.497 e. The molecule has 0 saturated carbocycles. The summed E-state index contributed by atoms with van der Waals surface area (Å²) in [6, 6.07) is 27.7. The van der Waals surface area contributed by atoms with E-state index < -0.39 is 28.5 Å². The first kappa shape index (κ1) is 35.3. The van der Waals surface area contributed by atoms with Gasteiger partial charge in [-0.25, -0.2) is 8.42 Å². The molecule has 0 bridgehead atoms. The van der Waals surface area contributed by atoms with Crippen molar-refractivity contribution in [3.8, 4) is 11.5 Å². The van der Waals surface area contributed by atoms with Gasteiger partial charge < -0.3 is 19.7 Å². The highest BCUT2D eigenvalue weighted by Gasteiger charge is 2.35. The van der Waals surface area contributed by atoms with Crippen LogP contribution in [-0.2, 0) is 32.6 Å². The maximum Gasteiger partial charge on any atom is 0.264 e. The molecule has 248 valence electrons. The topological polar surface area (TPSA) is 105 Å². The second kappa shape index (κ2) is 16.3. The lowest BCUT2D eigenvalue weighted by Gasteiger charge is -2.34. The van der Waals surface area contributed by atoms with Crippen molar-refractivity contribution in [1.82, 2.24) is 10.2 Å². The van der Waals surface area contributed by atoms with Crippen LogP contribution >= 0.6 is 11.6 Å². The summed E-state index contributed by atoms with van der Waals surface area (Å²) in [7, 11) is -2.72. The molecule has 11 heteroatoms. The third-order valence-corrected chi connectivity index (χ3v) is 9.35. The van der Waals surface area contributed by atoms with Crippen molar-refractivity contribution in [3.05, 3.63) is 119 Å². The summed E-state index contributed by atoms with van der Waals surface area (Å²) in [4.78, 5) is 29.8. The van der Waals surface area contributed by atoms with Crippen molar-refractivity contribution in [1.29, 1.82) is 0 Å². The lowest BCUT2D eigenvalue weighted by atomic mass is 10.0. The van der Waals surface area contributed by atoms with Gasteiger partial charge in [0.2, 0.25) is 11.8 Å². The molecule has 0 aromatic heterocycles. The molecule has 1 N–H and O–H groups in total. The molecule has 0 saturated heterocycles. The number of nitrogens with zero attached hydrogens (tertiary/aromatic N) is 2. The standard InChI is InChI=1S/C36H40ClN3O6S/c1-5-46-31-18-16-30(17-19-31)40(47(43,44)33-20-14-29(37)15-21-33)25-35(41)39(24-28-12-9-13-32(22-28)45-4)34(36(42)38-26(2)3)23-27-10-7-6-8-11-27/h6-22,26,34H,5,23-25H2,1-4H3,(H,38,42)/t34-/m1/s1. The first-order chi connectivity index (χ1) is 22.5. The van der Waals surface area contributed by atoms with Crippen molar-refractivity contribution < 1.29 is 27.5 Å². The van der Waals surface area contributed by atoms with Crippen molar-refractivity contribution >= 4 is 39.1 Å². The van der Waals surface area contributed by atoms with Crippen LogP contribution in [0.5, 0.6) is 11.5 Å². The van der Waals surface area contributed by atoms with Crippen LogP contribution in [0.25, 0.3) is 0 Å². The molecule has 0 spiro atoms. The molecule has 0 aliphatic rings. The first-order valence-electron chi connectivity index (χ1n) is 15.3. The van der Waals surface area contributed by atoms with E-state index in [0.29, 0.717) is 28.7 Å². The molecule has 0 aliphatic carbocycles. The van der Waals surface area contributed by atoms with Crippen LogP contribution in [0.3, 0.4) is 0 Å². The molecule has 4 aromatic carbocycles. The average Bonchev–Trinajstić information content (AvgIpc) is 3.06. The van der Waals surface area contributed by atoms with Gasteiger partial charge in [0.1, 0.15) is 24.1 Å². The van der Waals surface area contributed by atoms with E-state index in [1.807, 2.05) is 57.2 Å². The normalized spacial score (nSPS) is 11.9. The van der Waals surface area contributed by atoms with Gasteiger partial charge in [-0.2, -0.15) is 0 Å². The zero-order chi connectivity index (χ0) is 34.0. The highest BCUT2D eigenvalue weighted by Crippen LogP contribution is 2.28. The summed E-state index contributed by atoms with van der Waals surface area (Å²) in [6.45, 7) is 5.42. The zero-order valence-electron chi connectivity index (χ0n) is 26.9. The van der Waals surface area contributed by atoms with Crippen LogP contribution in [0, 0.1) is 0 Å². The summed E-state index contributed by atoms with van der Waals surface area (Å²) in [5.74, 6) is 0.217. The van der Waals surface area contributed by atoms with E-state index in [0.717, 1.165) is 9.87 Å². The number of anilines is 1. The maximum atomic E-state index is 14.6. The molecular weight excluding hydrogens is 638 g/mol. The quantitative estimate of drug-likeness (QED) is 0.163. The molecule has 2 amide bonds. The number of amides is 2. The third kappa shape index (κ3) is 9.49. The smallest absolute Gasteiger partial charge is 0.264 e. The summed E-state index contributed by atoms with van der Waals surface area (Å²) >= 11 is 6.07. The Hall–Kier alpha value is -4.54. The Balaban J connectivity index is 1.81. The fraction of sp³-hybridized carbons (Fsp3) is 0.278. The number of halogens is 1. The monoisotopic (exact) mass is 677 g/mol. The molecule has 47 heavy (non-hydrogen) atoms. The molecule has 1 atom stereocenters. The number of hydrogen-bond donors (Lipinski definition) is 1. The van der Waals surface area contributed by atoms with E-state index in [1.165, 1.54) is 29.2 Å². The van der Waals surface area contributed by atoms with E-state index in [-0.39, 0.29) is 35.5 Å². The van der Waals surface area contributed by atoms with Crippen LogP contribution < -0.4 is 19.1 Å². The minimum atomic E-state index is -4.27. The molecule has 0 fully saturated rings. The number of carbonyl (C=O) groups excluding carboxylic acids is 2. The second-order valence-electron chi connectivity index (χ2n) is 11.1. The van der Waals surface area contributed by atoms with Crippen LogP contribution in [0.2, 0.25) is 5.02 Å². The van der Waals surface area contributed by atoms with Gasteiger partial charge in [-0.3, -0.25) is 13.9 Å². The van der Waals surface area contributed by atoms with Gasteiger partial charge in [0, 0.05) is 24.0 Å². The van der Waals surface area contributed by atoms with Crippen LogP contribution in [0.4, 0.5) is 5.69 Å². The van der Waals surface area contributed by atoms with Gasteiger partial charge in [0.15, 0.2) is 0 Å². The number of rotatable bonds is 15. The fourth-order valence-electron chi connectivity index (χ4n) is 5.04. The molecule has 0 heterocycles. The van der Waals surface area contributed by atoms with Crippen molar-refractivity contribution in [2.75, 3.05) is 24.6 Å². The summed E-state index contributed by atoms with van der Waals surface area (Å²) in [5, 5.41) is 3.33. The molecule has 4 aromatic rings. The van der Waals surface area contributed by atoms with Crippen LogP contribution in [0.1, 0.15) is 31.9 Å². The minimum absolute atomic E-state index is 0.0250. The van der Waals surface area contributed by atoms with E-state index in [1.54, 1.807) is 49.6 Å². The largest absolute Gasteiger partial charge is 0.497 e. The van der Waals surface area contributed by atoms with Gasteiger partial charge >= 0.3 is 0 Å². The number of carbonyl (C=O) groups is 2. The lowest BCUT2D eigenvalue weighted by molar-refractivity contribution is -0.140. The van der Waals surface area contributed by atoms with Gasteiger partial charge in [-0.05, 0) is 92.6 Å². The fourth-order valence-corrected chi connectivity index (χ4v) is 6.58. The predicted octanol–water partition coefficient (Wildman–Crippen LogP) is 6.11. The van der Waals surface area contributed by atoms with Crippen LogP contribution in [0.15, 0.2) is 108 Å². The summed E-state index contributed by atoms with van der Waals surface area (Å²) in [6.07, 6.45) is 0.210. The van der Waals surface area contributed by atoms with Gasteiger partial charge in [-0.15, -0.1) is 0 Å². The Bertz CT molecular complexity index is 1730. The number of nitrogens with one attached hydrogen (secondary N) is 1. The van der Waals surface area contributed by atoms with E-state index in [4.69, 9.17) is 21.1 Å². The number of hydrogen-bond acceptors (Lipinski definition) is 6. The highest BCUT2D eigenvalue weighted by atomic mass is 35.5.